The smallest absolute Gasteiger partial charge is 0.0391 e. The summed E-state index contributed by atoms with van der Waals surface area (Å²) < 4.78 is 0. The van der Waals surface area contributed by atoms with E-state index in [4.69, 9.17) is 0 Å². The highest BCUT2D eigenvalue weighted by molar-refractivity contribution is 4.63. The van der Waals surface area contributed by atoms with Gasteiger partial charge in [0.15, 0.2) is 0 Å². The third-order valence-electron chi connectivity index (χ3n) is 4.79. The van der Waals surface area contributed by atoms with E-state index in [1.54, 1.807) is 0 Å². The molecule has 0 amide bonds. The highest BCUT2D eigenvalue weighted by Gasteiger charge is 2.11. The number of unbranched alkanes of at least 4 members (excludes halogenated alkanes) is 2. The molecule has 0 aromatic rings. The van der Waals surface area contributed by atoms with Crippen molar-refractivity contribution in [3.63, 3.8) is 0 Å². The third kappa shape index (κ3) is 24.3. The SMILES string of the molecule is C.C.CC.CCC(CC)C(C)C.CCCCC(CCCC)C(C)C. The fraction of sp³-hybridized carbons (Fsp3) is 1.00. The molecule has 154 valence electrons. The Labute approximate surface area is 159 Å². The lowest BCUT2D eigenvalue weighted by Gasteiger charge is -2.20. The Morgan fingerprint density at radius 2 is 0.833 bits per heavy atom. The lowest BCUT2D eigenvalue weighted by atomic mass is 9.86. The van der Waals surface area contributed by atoms with E-state index >= 15 is 0 Å². The van der Waals surface area contributed by atoms with Crippen LogP contribution in [-0.4, -0.2) is 0 Å². The molecule has 0 saturated heterocycles. The standard InChI is InChI=1S/C12H26.C8H18.C2H6.2CH4/c1-5-7-9-12(11(3)4)10-8-6-2;1-5-8(6-2)7(3)4;1-2;;/h11-12H,5-10H2,1-4H3;7-8H,5-6H2,1-4H3;1-2H3;2*1H4. The summed E-state index contributed by atoms with van der Waals surface area (Å²) in [5.74, 6) is 3.72. The maximum atomic E-state index is 2.37. The molecule has 0 aliphatic carbocycles. The quantitative estimate of drug-likeness (QED) is 0.369. The summed E-state index contributed by atoms with van der Waals surface area (Å²) in [4.78, 5) is 0. The molecule has 0 bridgehead atoms. The first kappa shape index (κ1) is 35.2. The fourth-order valence-corrected chi connectivity index (χ4v) is 2.98. The minimum Gasteiger partial charge on any atom is -0.0776 e. The van der Waals surface area contributed by atoms with Crippen LogP contribution in [0.4, 0.5) is 0 Å². The Morgan fingerprint density at radius 1 is 0.542 bits per heavy atom. The number of rotatable bonds is 10. The number of hydrogen-bond donors (Lipinski definition) is 0. The first-order valence-electron chi connectivity index (χ1n) is 10.4. The van der Waals surface area contributed by atoms with Gasteiger partial charge in [-0.05, 0) is 23.7 Å². The monoisotopic (exact) mass is 346 g/mol. The minimum absolute atomic E-state index is 0. The van der Waals surface area contributed by atoms with E-state index in [0.717, 1.165) is 23.7 Å². The van der Waals surface area contributed by atoms with Crippen LogP contribution in [0.2, 0.25) is 0 Å². The first-order valence-corrected chi connectivity index (χ1v) is 10.4. The Bertz CT molecular complexity index is 157. The molecule has 0 heteroatoms. The van der Waals surface area contributed by atoms with E-state index in [1.807, 2.05) is 13.8 Å². The van der Waals surface area contributed by atoms with Gasteiger partial charge in [0.1, 0.15) is 0 Å². The van der Waals surface area contributed by atoms with E-state index < -0.39 is 0 Å². The molecular formula is C24H58. The number of hydrogen-bond acceptors (Lipinski definition) is 0. The lowest BCUT2D eigenvalue weighted by molar-refractivity contribution is 0.320. The van der Waals surface area contributed by atoms with Gasteiger partial charge in [-0.15, -0.1) is 0 Å². The molecule has 0 N–H and O–H groups in total. The van der Waals surface area contributed by atoms with E-state index in [1.165, 1.54) is 51.4 Å². The zero-order valence-corrected chi connectivity index (χ0v) is 18.0. The molecule has 0 radical (unpaired) electrons. The molecule has 0 aromatic carbocycles. The summed E-state index contributed by atoms with van der Waals surface area (Å²) in [7, 11) is 0. The molecule has 0 unspecified atom stereocenters. The van der Waals surface area contributed by atoms with Crippen molar-refractivity contribution in [2.45, 2.75) is 135 Å². The van der Waals surface area contributed by atoms with Crippen LogP contribution in [0.3, 0.4) is 0 Å². The summed E-state index contributed by atoms with van der Waals surface area (Å²) in [6.45, 7) is 22.5. The first-order chi connectivity index (χ1) is 10.4. The van der Waals surface area contributed by atoms with Crippen LogP contribution >= 0.6 is 0 Å². The molecule has 0 saturated carbocycles. The van der Waals surface area contributed by atoms with Gasteiger partial charge in [-0.25, -0.2) is 0 Å². The lowest BCUT2D eigenvalue weighted by Crippen LogP contribution is -2.08. The van der Waals surface area contributed by atoms with Gasteiger partial charge >= 0.3 is 0 Å². The average molecular weight is 347 g/mol. The van der Waals surface area contributed by atoms with Crippen molar-refractivity contribution < 1.29 is 0 Å². The molecule has 0 nitrogen and oxygen atoms in total. The van der Waals surface area contributed by atoms with Crippen molar-refractivity contribution in [2.75, 3.05) is 0 Å². The van der Waals surface area contributed by atoms with Gasteiger partial charge < -0.3 is 0 Å². The van der Waals surface area contributed by atoms with Crippen molar-refractivity contribution in [1.29, 1.82) is 0 Å². The van der Waals surface area contributed by atoms with Crippen molar-refractivity contribution >= 4 is 0 Å². The van der Waals surface area contributed by atoms with Gasteiger partial charge in [-0.1, -0.05) is 135 Å². The van der Waals surface area contributed by atoms with E-state index in [2.05, 4.69) is 55.4 Å². The topological polar surface area (TPSA) is 0 Å². The van der Waals surface area contributed by atoms with Gasteiger partial charge in [0.2, 0.25) is 0 Å². The van der Waals surface area contributed by atoms with Crippen molar-refractivity contribution in [3.05, 3.63) is 0 Å². The molecule has 24 heavy (non-hydrogen) atoms. The summed E-state index contributed by atoms with van der Waals surface area (Å²) in [6, 6.07) is 0. The van der Waals surface area contributed by atoms with E-state index in [0.29, 0.717) is 0 Å². The molecule has 0 heterocycles. The second-order valence-electron chi connectivity index (χ2n) is 7.11. The molecule has 0 aromatic heterocycles. The maximum Gasteiger partial charge on any atom is -0.0391 e. The molecular weight excluding hydrogens is 288 g/mol. The molecule has 0 fully saturated rings. The van der Waals surface area contributed by atoms with Gasteiger partial charge in [-0.3, -0.25) is 0 Å². The predicted octanol–water partition coefficient (Wildman–Crippen LogP) is 10.0. The fourth-order valence-electron chi connectivity index (χ4n) is 2.98. The predicted molar refractivity (Wildman–Crippen MR) is 121 cm³/mol. The Morgan fingerprint density at radius 3 is 0.958 bits per heavy atom. The largest absolute Gasteiger partial charge is 0.0776 e. The summed E-state index contributed by atoms with van der Waals surface area (Å²) in [5.41, 5.74) is 0. The summed E-state index contributed by atoms with van der Waals surface area (Å²) in [5, 5.41) is 0. The van der Waals surface area contributed by atoms with Crippen molar-refractivity contribution in [3.8, 4) is 0 Å². The van der Waals surface area contributed by atoms with E-state index in [-0.39, 0.29) is 14.9 Å². The van der Waals surface area contributed by atoms with Crippen molar-refractivity contribution in [1.82, 2.24) is 0 Å². The van der Waals surface area contributed by atoms with Gasteiger partial charge in [0.05, 0.1) is 0 Å². The van der Waals surface area contributed by atoms with E-state index in [9.17, 15) is 0 Å². The molecule has 0 atom stereocenters. The molecule has 0 aliphatic heterocycles. The summed E-state index contributed by atoms with van der Waals surface area (Å²) in [6.07, 6.45) is 11.1. The van der Waals surface area contributed by atoms with Gasteiger partial charge in [0, 0.05) is 0 Å². The van der Waals surface area contributed by atoms with Crippen LogP contribution in [0, 0.1) is 23.7 Å². The zero-order valence-electron chi connectivity index (χ0n) is 18.0. The third-order valence-corrected chi connectivity index (χ3v) is 4.79. The Balaban J connectivity index is -0.0000000886. The zero-order chi connectivity index (χ0) is 18.0. The maximum absolute atomic E-state index is 2.37. The van der Waals surface area contributed by atoms with Crippen LogP contribution in [0.25, 0.3) is 0 Å². The van der Waals surface area contributed by atoms with Crippen LogP contribution < -0.4 is 0 Å². The Kier molecular flexibility index (Phi) is 40.8. The normalized spacial score (nSPS) is 9.75. The highest BCUT2D eigenvalue weighted by Crippen LogP contribution is 2.23. The minimum atomic E-state index is 0. The molecule has 0 aliphatic rings. The van der Waals surface area contributed by atoms with Gasteiger partial charge in [0.25, 0.3) is 0 Å². The molecule has 0 spiro atoms. The van der Waals surface area contributed by atoms with Crippen LogP contribution in [0.15, 0.2) is 0 Å². The van der Waals surface area contributed by atoms with Crippen LogP contribution in [0.5, 0.6) is 0 Å². The van der Waals surface area contributed by atoms with Crippen LogP contribution in [0.1, 0.15) is 135 Å². The van der Waals surface area contributed by atoms with Gasteiger partial charge in [-0.2, -0.15) is 0 Å². The molecule has 0 rings (SSSR count). The average Bonchev–Trinajstić information content (AvgIpc) is 2.50. The summed E-state index contributed by atoms with van der Waals surface area (Å²) >= 11 is 0. The Hall–Kier alpha value is 0. The van der Waals surface area contributed by atoms with Crippen LogP contribution in [-0.2, 0) is 0 Å². The van der Waals surface area contributed by atoms with Crippen molar-refractivity contribution in [2.24, 2.45) is 23.7 Å². The second-order valence-corrected chi connectivity index (χ2v) is 7.11. The highest BCUT2D eigenvalue weighted by atomic mass is 14.2. The second kappa shape index (κ2) is 27.8.